The Bertz CT molecular complexity index is 629. The summed E-state index contributed by atoms with van der Waals surface area (Å²) in [4.78, 5) is 49.5. The molecule has 0 aromatic heterocycles. The maximum absolute atomic E-state index is 11.6. The van der Waals surface area contributed by atoms with Crippen LogP contribution in [0.5, 0.6) is 0 Å². The largest absolute Gasteiger partial charge is 0.478 e. The molecular weight excluding hydrogens is 328 g/mol. The zero-order valence-electron chi connectivity index (χ0n) is 14.2. The molecule has 0 saturated carbocycles. The number of aldehydes is 1. The molecule has 8 heteroatoms. The number of hydrogen-bond acceptors (Lipinski definition) is 5. The third-order valence-electron chi connectivity index (χ3n) is 3.27. The lowest BCUT2D eigenvalue weighted by Crippen LogP contribution is -2.37. The van der Waals surface area contributed by atoms with Gasteiger partial charge in [0.05, 0.1) is 5.56 Å². The molecule has 0 aliphatic rings. The van der Waals surface area contributed by atoms with E-state index in [0.29, 0.717) is 12.0 Å². The molecule has 2 amide bonds. The van der Waals surface area contributed by atoms with Gasteiger partial charge in [0.2, 0.25) is 0 Å². The van der Waals surface area contributed by atoms with E-state index in [1.807, 2.05) is 5.48 Å². The summed E-state index contributed by atoms with van der Waals surface area (Å²) in [6.07, 6.45) is 0.541. The van der Waals surface area contributed by atoms with Crippen LogP contribution in [0.1, 0.15) is 42.6 Å². The van der Waals surface area contributed by atoms with E-state index < -0.39 is 23.9 Å². The smallest absolute Gasteiger partial charge is 0.431 e. The summed E-state index contributed by atoms with van der Waals surface area (Å²) in [5, 5.41) is 11.4. The monoisotopic (exact) mass is 350 g/mol. The van der Waals surface area contributed by atoms with Crippen LogP contribution in [0.25, 0.3) is 0 Å². The number of rotatable bonds is 8. The van der Waals surface area contributed by atoms with E-state index in [1.165, 1.54) is 12.1 Å². The van der Waals surface area contributed by atoms with Crippen LogP contribution >= 0.6 is 0 Å². The average Bonchev–Trinajstić information content (AvgIpc) is 2.56. The van der Waals surface area contributed by atoms with Gasteiger partial charge in [-0.1, -0.05) is 12.1 Å². The zero-order chi connectivity index (χ0) is 18.8. The summed E-state index contributed by atoms with van der Waals surface area (Å²) in [5.41, 5.74) is 2.85. The van der Waals surface area contributed by atoms with Crippen molar-refractivity contribution in [2.45, 2.75) is 39.2 Å². The third kappa shape index (κ3) is 7.96. The summed E-state index contributed by atoms with van der Waals surface area (Å²) in [5.74, 6) is -2.01. The first-order valence-electron chi connectivity index (χ1n) is 7.85. The summed E-state index contributed by atoms with van der Waals surface area (Å²) in [6.45, 7) is 3.49. The van der Waals surface area contributed by atoms with E-state index >= 15 is 0 Å². The van der Waals surface area contributed by atoms with Crippen molar-refractivity contribution >= 4 is 24.3 Å². The number of aromatic carboxylic acids is 1. The molecule has 1 aromatic carbocycles. The van der Waals surface area contributed by atoms with Crippen molar-refractivity contribution in [3.05, 3.63) is 35.4 Å². The number of carboxylic acid groups (broad SMARTS) is 1. The number of carboxylic acids is 1. The van der Waals surface area contributed by atoms with Gasteiger partial charge < -0.3 is 20.1 Å². The van der Waals surface area contributed by atoms with Gasteiger partial charge in [-0.3, -0.25) is 4.79 Å². The highest BCUT2D eigenvalue weighted by Gasteiger charge is 2.14. The Labute approximate surface area is 145 Å². The highest BCUT2D eigenvalue weighted by atomic mass is 16.7. The van der Waals surface area contributed by atoms with Crippen molar-refractivity contribution in [2.75, 3.05) is 0 Å². The molecule has 0 bridgehead atoms. The van der Waals surface area contributed by atoms with E-state index in [9.17, 15) is 19.2 Å². The number of nitrogens with one attached hydrogen (secondary N) is 2. The third-order valence-corrected chi connectivity index (χ3v) is 3.27. The van der Waals surface area contributed by atoms with Gasteiger partial charge in [0.1, 0.15) is 6.29 Å². The minimum atomic E-state index is -1.04. The van der Waals surface area contributed by atoms with E-state index in [0.717, 1.165) is 6.29 Å². The molecule has 1 unspecified atom stereocenters. The molecule has 25 heavy (non-hydrogen) atoms. The summed E-state index contributed by atoms with van der Waals surface area (Å²) < 4.78 is 0. The normalized spacial score (nSPS) is 11.5. The number of amides is 2. The van der Waals surface area contributed by atoms with Crippen molar-refractivity contribution in [3.63, 3.8) is 0 Å². The highest BCUT2D eigenvalue weighted by molar-refractivity contribution is 5.87. The lowest BCUT2D eigenvalue weighted by atomic mass is 9.95. The highest BCUT2D eigenvalue weighted by Crippen LogP contribution is 2.14. The predicted octanol–water partition coefficient (Wildman–Crippen LogP) is 1.69. The van der Waals surface area contributed by atoms with Gasteiger partial charge in [-0.15, -0.1) is 0 Å². The topological polar surface area (TPSA) is 122 Å². The van der Waals surface area contributed by atoms with E-state index in [-0.39, 0.29) is 24.4 Å². The molecule has 136 valence electrons. The minimum Gasteiger partial charge on any atom is -0.478 e. The van der Waals surface area contributed by atoms with Crippen molar-refractivity contribution in [1.82, 2.24) is 10.8 Å². The van der Waals surface area contributed by atoms with Crippen LogP contribution in [-0.4, -0.2) is 35.4 Å². The molecule has 0 spiro atoms. The van der Waals surface area contributed by atoms with Crippen LogP contribution in [0, 0.1) is 5.92 Å². The summed E-state index contributed by atoms with van der Waals surface area (Å²) in [7, 11) is 0. The van der Waals surface area contributed by atoms with Gasteiger partial charge in [0.15, 0.2) is 0 Å². The van der Waals surface area contributed by atoms with E-state index in [2.05, 4.69) is 10.2 Å². The Morgan fingerprint density at radius 1 is 1.28 bits per heavy atom. The molecule has 3 N–H and O–H groups in total. The van der Waals surface area contributed by atoms with Crippen LogP contribution in [-0.2, 0) is 20.8 Å². The number of hydroxylamine groups is 1. The average molecular weight is 350 g/mol. The van der Waals surface area contributed by atoms with Gasteiger partial charge in [-0.2, -0.15) is 5.48 Å². The second-order valence-corrected chi connectivity index (χ2v) is 5.86. The second kappa shape index (κ2) is 10.1. The first-order chi connectivity index (χ1) is 11.8. The molecule has 0 saturated heterocycles. The predicted molar refractivity (Wildman–Crippen MR) is 88.8 cm³/mol. The lowest BCUT2D eigenvalue weighted by Gasteiger charge is -2.12. The van der Waals surface area contributed by atoms with Crippen molar-refractivity contribution < 1.29 is 29.1 Å². The zero-order valence-corrected chi connectivity index (χ0v) is 14.2. The van der Waals surface area contributed by atoms with Gasteiger partial charge in [0.25, 0.3) is 5.91 Å². The number of carbonyl (C=O) groups excluding carboxylic acids is 3. The Morgan fingerprint density at radius 3 is 2.60 bits per heavy atom. The van der Waals surface area contributed by atoms with Crippen LogP contribution in [0.2, 0.25) is 0 Å². The fourth-order valence-corrected chi connectivity index (χ4v) is 2.09. The summed E-state index contributed by atoms with van der Waals surface area (Å²) >= 11 is 0. The van der Waals surface area contributed by atoms with E-state index in [4.69, 9.17) is 5.11 Å². The first-order valence-corrected chi connectivity index (χ1v) is 7.85. The van der Waals surface area contributed by atoms with Crippen LogP contribution in [0.15, 0.2) is 24.3 Å². The van der Waals surface area contributed by atoms with Crippen molar-refractivity contribution in [3.8, 4) is 0 Å². The maximum Gasteiger partial charge on any atom is 0.431 e. The molecule has 0 heterocycles. The van der Waals surface area contributed by atoms with Gasteiger partial charge >= 0.3 is 12.1 Å². The molecule has 1 aromatic rings. The minimum absolute atomic E-state index is 0.00299. The Morgan fingerprint density at radius 2 is 2.00 bits per heavy atom. The van der Waals surface area contributed by atoms with Crippen LogP contribution in [0.4, 0.5) is 4.79 Å². The molecule has 1 atom stereocenters. The fraction of sp³-hybridized carbons (Fsp3) is 0.412. The number of benzene rings is 1. The van der Waals surface area contributed by atoms with E-state index in [1.54, 1.807) is 26.0 Å². The van der Waals surface area contributed by atoms with Gasteiger partial charge in [0, 0.05) is 18.4 Å². The molecular formula is C17H22N2O6. The maximum atomic E-state index is 11.6. The Kier molecular flexibility index (Phi) is 8.11. The molecule has 1 rings (SSSR count). The molecule has 0 aliphatic carbocycles. The quantitative estimate of drug-likeness (QED) is 0.484. The number of carbonyl (C=O) groups is 4. The SMILES string of the molecule is CC(C)NC(=O)ONC(=O)CCC(C=O)Cc1cccc(C(=O)O)c1. The molecule has 0 aliphatic heterocycles. The standard InChI is InChI=1S/C17H22N2O6/c1-11(2)18-17(24)25-19-15(21)7-6-13(10-20)8-12-4-3-5-14(9-12)16(22)23/h3-5,9-11,13H,6-8H2,1-2H3,(H,18,24)(H,19,21)(H,22,23). The number of hydrogen-bond donors (Lipinski definition) is 3. The van der Waals surface area contributed by atoms with Crippen LogP contribution < -0.4 is 10.8 Å². The summed E-state index contributed by atoms with van der Waals surface area (Å²) in [6, 6.07) is 6.18. The Balaban J connectivity index is 2.44. The van der Waals surface area contributed by atoms with Crippen molar-refractivity contribution in [1.29, 1.82) is 0 Å². The van der Waals surface area contributed by atoms with Gasteiger partial charge in [-0.05, 0) is 44.4 Å². The molecule has 0 radical (unpaired) electrons. The fourth-order valence-electron chi connectivity index (χ4n) is 2.09. The van der Waals surface area contributed by atoms with Crippen molar-refractivity contribution in [2.24, 2.45) is 5.92 Å². The second-order valence-electron chi connectivity index (χ2n) is 5.86. The lowest BCUT2D eigenvalue weighted by molar-refractivity contribution is -0.129. The molecule has 0 fully saturated rings. The first kappa shape index (κ1) is 20.1. The van der Waals surface area contributed by atoms with Crippen LogP contribution in [0.3, 0.4) is 0 Å². The Hall–Kier alpha value is -2.90. The van der Waals surface area contributed by atoms with Gasteiger partial charge in [-0.25, -0.2) is 9.59 Å². The molecule has 8 nitrogen and oxygen atoms in total.